The Hall–Kier alpha value is -1.33. The molecule has 0 aliphatic heterocycles. The fourth-order valence-corrected chi connectivity index (χ4v) is 3.22. The lowest BCUT2D eigenvalue weighted by atomic mass is 10.1. The molecule has 2 aromatic heterocycles. The average molecular weight is 300 g/mol. The van der Waals surface area contributed by atoms with Crippen LogP contribution in [-0.4, -0.2) is 17.6 Å². The summed E-state index contributed by atoms with van der Waals surface area (Å²) in [5.74, 6) is -0.632. The van der Waals surface area contributed by atoms with Gasteiger partial charge < -0.3 is 9.30 Å². The molecule has 0 aliphatic rings. The van der Waals surface area contributed by atoms with Crippen molar-refractivity contribution in [3.8, 4) is 0 Å². The highest BCUT2D eigenvalue weighted by Crippen LogP contribution is 2.31. The van der Waals surface area contributed by atoms with E-state index in [1.54, 1.807) is 12.3 Å². The lowest BCUT2D eigenvalue weighted by Crippen LogP contribution is -2.27. The van der Waals surface area contributed by atoms with Crippen molar-refractivity contribution in [2.75, 3.05) is 7.11 Å². The molecule has 0 bridgehead atoms. The Kier molecular flexibility index (Phi) is 3.45. The molecule has 0 fully saturated rings. The number of esters is 1. The fraction of sp³-hybridized carbons (Fsp3) is 0.385. The highest BCUT2D eigenvalue weighted by molar-refractivity contribution is 7.22. The van der Waals surface area contributed by atoms with Gasteiger partial charge in [-0.3, -0.25) is 4.79 Å². The van der Waals surface area contributed by atoms with Crippen molar-refractivity contribution in [1.29, 1.82) is 0 Å². The summed E-state index contributed by atoms with van der Waals surface area (Å²) in [5.41, 5.74) is -0.590. The molecule has 6 heteroatoms. The Morgan fingerprint density at radius 1 is 1.42 bits per heavy atom. The van der Waals surface area contributed by atoms with E-state index in [4.69, 9.17) is 11.6 Å². The van der Waals surface area contributed by atoms with Gasteiger partial charge in [0.15, 0.2) is 0 Å². The predicted octanol–water partition coefficient (Wildman–Crippen LogP) is 3.26. The van der Waals surface area contributed by atoms with Crippen LogP contribution in [0, 0.1) is 0 Å². The van der Waals surface area contributed by atoms with E-state index in [0.717, 1.165) is 4.83 Å². The molecule has 2 rings (SSSR count). The topological polar surface area (TPSA) is 48.3 Å². The highest BCUT2D eigenvalue weighted by Gasteiger charge is 2.22. The van der Waals surface area contributed by atoms with E-state index in [1.807, 2.05) is 25.3 Å². The molecule has 102 valence electrons. The van der Waals surface area contributed by atoms with Gasteiger partial charge in [-0.1, -0.05) is 11.6 Å². The minimum atomic E-state index is -0.632. The summed E-state index contributed by atoms with van der Waals surface area (Å²) in [6, 6.07) is 1.60. The van der Waals surface area contributed by atoms with E-state index < -0.39 is 5.97 Å². The summed E-state index contributed by atoms with van der Waals surface area (Å²) in [6.45, 7) is 5.98. The lowest BCUT2D eigenvalue weighted by molar-refractivity contribution is 0.0598. The predicted molar refractivity (Wildman–Crippen MR) is 77.4 cm³/mol. The molecular formula is C13H14ClNO3S. The molecular weight excluding hydrogens is 286 g/mol. The summed E-state index contributed by atoms with van der Waals surface area (Å²) < 4.78 is 7.06. The van der Waals surface area contributed by atoms with Crippen molar-refractivity contribution >= 4 is 39.1 Å². The van der Waals surface area contributed by atoms with Crippen molar-refractivity contribution < 1.29 is 9.53 Å². The van der Waals surface area contributed by atoms with Gasteiger partial charge >= 0.3 is 5.97 Å². The molecule has 19 heavy (non-hydrogen) atoms. The van der Waals surface area contributed by atoms with Crippen LogP contribution in [-0.2, 0) is 10.3 Å². The zero-order valence-electron chi connectivity index (χ0n) is 11.1. The van der Waals surface area contributed by atoms with Crippen LogP contribution in [0.2, 0.25) is 4.34 Å². The number of pyridine rings is 1. The van der Waals surface area contributed by atoms with Crippen LogP contribution in [0.5, 0.6) is 0 Å². The molecule has 2 aromatic rings. The monoisotopic (exact) mass is 299 g/mol. The standard InChI is InChI=1S/C13H14ClNO3S/c1-13(2,3)15-6-8(12(17)18-4)10(16)7-5-9(14)19-11(7)15/h5-6H,1-4H3. The van der Waals surface area contributed by atoms with E-state index in [0.29, 0.717) is 9.72 Å². The molecule has 0 aliphatic carbocycles. The number of carbonyl (C=O) groups excluding carboxylic acids is 1. The van der Waals surface area contributed by atoms with Crippen LogP contribution >= 0.6 is 22.9 Å². The molecule has 0 aromatic carbocycles. The summed E-state index contributed by atoms with van der Waals surface area (Å²) in [5, 5.41) is 0.452. The fourth-order valence-electron chi connectivity index (χ4n) is 1.84. The minimum Gasteiger partial charge on any atom is -0.465 e. The van der Waals surface area contributed by atoms with E-state index in [2.05, 4.69) is 4.74 Å². The molecule has 0 atom stereocenters. The van der Waals surface area contributed by atoms with Crippen molar-refractivity contribution in [3.63, 3.8) is 0 Å². The van der Waals surface area contributed by atoms with Gasteiger partial charge in [-0.25, -0.2) is 4.79 Å². The van der Waals surface area contributed by atoms with Gasteiger partial charge in [0.1, 0.15) is 10.4 Å². The highest BCUT2D eigenvalue weighted by atomic mass is 35.5. The average Bonchev–Trinajstić information content (AvgIpc) is 2.69. The number of fused-ring (bicyclic) bond motifs is 1. The van der Waals surface area contributed by atoms with Crippen molar-refractivity contribution in [3.05, 3.63) is 32.4 Å². The summed E-state index contributed by atoms with van der Waals surface area (Å²) in [4.78, 5) is 24.7. The zero-order valence-corrected chi connectivity index (χ0v) is 12.7. The van der Waals surface area contributed by atoms with E-state index in [1.165, 1.54) is 18.4 Å². The van der Waals surface area contributed by atoms with Gasteiger partial charge in [-0.2, -0.15) is 0 Å². The maximum absolute atomic E-state index is 12.3. The molecule has 0 saturated heterocycles. The number of hydrogen-bond donors (Lipinski definition) is 0. The SMILES string of the molecule is COC(=O)c1cn(C(C)(C)C)c2sc(Cl)cc2c1=O. The van der Waals surface area contributed by atoms with Crippen LogP contribution < -0.4 is 5.43 Å². The largest absolute Gasteiger partial charge is 0.465 e. The van der Waals surface area contributed by atoms with Gasteiger partial charge in [-0.05, 0) is 26.8 Å². The Labute approximate surface area is 119 Å². The first-order chi connectivity index (χ1) is 8.75. The second-order valence-corrected chi connectivity index (χ2v) is 6.84. The third-order valence-electron chi connectivity index (χ3n) is 2.78. The molecule has 0 radical (unpaired) electrons. The Bertz CT molecular complexity index is 709. The van der Waals surface area contributed by atoms with Gasteiger partial charge in [0.05, 0.1) is 16.8 Å². The molecule has 0 unspecified atom stereocenters. The number of aromatic nitrogens is 1. The first-order valence-electron chi connectivity index (χ1n) is 5.69. The van der Waals surface area contributed by atoms with E-state index in [9.17, 15) is 9.59 Å². The van der Waals surface area contributed by atoms with E-state index in [-0.39, 0.29) is 16.5 Å². The third kappa shape index (κ3) is 2.40. The number of methoxy groups -OCH3 is 1. The van der Waals surface area contributed by atoms with Crippen LogP contribution in [0.4, 0.5) is 0 Å². The first kappa shape index (κ1) is 14.1. The molecule has 0 N–H and O–H groups in total. The van der Waals surface area contributed by atoms with Crippen molar-refractivity contribution in [1.82, 2.24) is 4.57 Å². The second kappa shape index (κ2) is 4.65. The maximum Gasteiger partial charge on any atom is 0.343 e. The van der Waals surface area contributed by atoms with E-state index >= 15 is 0 Å². The minimum absolute atomic E-state index is 0.0272. The Morgan fingerprint density at radius 3 is 2.58 bits per heavy atom. The quantitative estimate of drug-likeness (QED) is 0.759. The zero-order chi connectivity index (χ0) is 14.4. The normalized spacial score (nSPS) is 11.8. The molecule has 2 heterocycles. The molecule has 0 amide bonds. The molecule has 0 saturated carbocycles. The number of thiophene rings is 1. The van der Waals surface area contributed by atoms with Crippen LogP contribution in [0.3, 0.4) is 0 Å². The van der Waals surface area contributed by atoms with Crippen LogP contribution in [0.25, 0.3) is 10.2 Å². The van der Waals surface area contributed by atoms with Crippen LogP contribution in [0.15, 0.2) is 17.1 Å². The first-order valence-corrected chi connectivity index (χ1v) is 6.88. The number of ether oxygens (including phenoxy) is 1. The number of nitrogens with zero attached hydrogens (tertiary/aromatic N) is 1. The van der Waals surface area contributed by atoms with Gasteiger partial charge in [-0.15, -0.1) is 11.3 Å². The third-order valence-corrected chi connectivity index (χ3v) is 4.04. The maximum atomic E-state index is 12.3. The summed E-state index contributed by atoms with van der Waals surface area (Å²) in [7, 11) is 1.26. The van der Waals surface area contributed by atoms with Crippen LogP contribution in [0.1, 0.15) is 31.1 Å². The van der Waals surface area contributed by atoms with Gasteiger partial charge in [0, 0.05) is 11.7 Å². The van der Waals surface area contributed by atoms with Crippen molar-refractivity contribution in [2.45, 2.75) is 26.3 Å². The number of carbonyl (C=O) groups is 1. The number of halogens is 1. The molecule has 0 spiro atoms. The number of rotatable bonds is 1. The Balaban J connectivity index is 2.92. The Morgan fingerprint density at radius 2 is 2.05 bits per heavy atom. The summed E-state index contributed by atoms with van der Waals surface area (Å²) in [6.07, 6.45) is 1.54. The lowest BCUT2D eigenvalue weighted by Gasteiger charge is -2.24. The number of hydrogen-bond acceptors (Lipinski definition) is 4. The van der Waals surface area contributed by atoms with Gasteiger partial charge in [0.2, 0.25) is 5.43 Å². The summed E-state index contributed by atoms with van der Waals surface area (Å²) >= 11 is 7.32. The second-order valence-electron chi connectivity index (χ2n) is 5.17. The van der Waals surface area contributed by atoms with Crippen molar-refractivity contribution in [2.24, 2.45) is 0 Å². The smallest absolute Gasteiger partial charge is 0.343 e. The van der Waals surface area contributed by atoms with Gasteiger partial charge in [0.25, 0.3) is 0 Å². The molecule has 4 nitrogen and oxygen atoms in total.